The molecule has 0 saturated carbocycles. The summed E-state index contributed by atoms with van der Waals surface area (Å²) in [4.78, 5) is 24.4. The zero-order valence-corrected chi connectivity index (χ0v) is 48.4. The van der Waals surface area contributed by atoms with Crippen molar-refractivity contribution in [2.75, 3.05) is 13.2 Å². The summed E-state index contributed by atoms with van der Waals surface area (Å²) in [6.07, 6.45) is 77.6. The molecule has 0 fully saturated rings. The van der Waals surface area contributed by atoms with Gasteiger partial charge in [-0.2, -0.15) is 0 Å². The second kappa shape index (κ2) is 61.6. The number of rotatable bonds is 60. The number of hydrogen-bond acceptors (Lipinski definition) is 5. The topological polar surface area (TPSA) is 95.9 Å². The molecule has 72 heavy (non-hydrogen) atoms. The third-order valence-electron chi connectivity index (χ3n) is 14.9. The minimum absolute atomic E-state index is 0.00394. The van der Waals surface area contributed by atoms with Crippen molar-refractivity contribution in [2.45, 2.75) is 360 Å². The van der Waals surface area contributed by atoms with Crippen molar-refractivity contribution in [3.8, 4) is 0 Å². The van der Waals surface area contributed by atoms with E-state index in [1.54, 1.807) is 0 Å². The number of esters is 1. The minimum atomic E-state index is -0.661. The van der Waals surface area contributed by atoms with E-state index in [1.165, 1.54) is 263 Å². The first-order valence-electron chi connectivity index (χ1n) is 32.2. The maximum absolute atomic E-state index is 12.4. The van der Waals surface area contributed by atoms with Crippen LogP contribution in [0.2, 0.25) is 0 Å². The highest BCUT2D eigenvalue weighted by Crippen LogP contribution is 2.18. The SMILES string of the molecule is CCCCC/C=C\CCCCCCCC(=O)OCCCCCCCCCCC/C=C\C/C=C\CCCCCCCCCCCCCCCCCCCC(=O)NC(CO)C(O)CCCCCCCCCCCC. The van der Waals surface area contributed by atoms with Crippen LogP contribution in [0.5, 0.6) is 0 Å². The lowest BCUT2D eigenvalue weighted by Crippen LogP contribution is -2.45. The summed E-state index contributed by atoms with van der Waals surface area (Å²) < 4.78 is 5.46. The van der Waals surface area contributed by atoms with Crippen molar-refractivity contribution in [1.82, 2.24) is 5.32 Å². The molecule has 0 aliphatic carbocycles. The maximum atomic E-state index is 12.4. The number of carbonyl (C=O) groups is 2. The fourth-order valence-corrected chi connectivity index (χ4v) is 9.96. The smallest absolute Gasteiger partial charge is 0.305 e. The van der Waals surface area contributed by atoms with Crippen LogP contribution in [-0.2, 0) is 14.3 Å². The number of unbranched alkanes of at least 4 members (excludes halogenated alkanes) is 43. The molecule has 0 aliphatic heterocycles. The number of allylic oxidation sites excluding steroid dienone is 6. The number of aliphatic hydroxyl groups is 2. The van der Waals surface area contributed by atoms with E-state index in [-0.39, 0.29) is 18.5 Å². The molecule has 1 amide bonds. The summed E-state index contributed by atoms with van der Waals surface area (Å²) in [5.74, 6) is -0.0299. The van der Waals surface area contributed by atoms with Crippen LogP contribution in [0.25, 0.3) is 0 Å². The molecule has 6 nitrogen and oxygen atoms in total. The molecule has 0 spiro atoms. The maximum Gasteiger partial charge on any atom is 0.305 e. The summed E-state index contributed by atoms with van der Waals surface area (Å²) >= 11 is 0. The Morgan fingerprint density at radius 3 is 1.10 bits per heavy atom. The molecule has 0 aliphatic rings. The molecule has 6 heteroatoms. The van der Waals surface area contributed by atoms with Gasteiger partial charge in [0.15, 0.2) is 0 Å². The van der Waals surface area contributed by atoms with Crippen molar-refractivity contribution in [3.05, 3.63) is 36.5 Å². The fourth-order valence-electron chi connectivity index (χ4n) is 9.96. The zero-order chi connectivity index (χ0) is 52.2. The normalized spacial score (nSPS) is 12.8. The first kappa shape index (κ1) is 70.1. The fraction of sp³-hybridized carbons (Fsp3) is 0.879. The summed E-state index contributed by atoms with van der Waals surface area (Å²) in [5, 5.41) is 23.2. The molecule has 0 heterocycles. The van der Waals surface area contributed by atoms with E-state index in [2.05, 4.69) is 55.6 Å². The molecule has 0 aromatic heterocycles. The van der Waals surface area contributed by atoms with E-state index in [0.717, 1.165) is 51.4 Å². The molecule has 0 saturated heterocycles. The molecule has 3 N–H and O–H groups in total. The Kier molecular flexibility index (Phi) is 60.0. The molecule has 2 atom stereocenters. The van der Waals surface area contributed by atoms with Gasteiger partial charge in [0.2, 0.25) is 5.91 Å². The largest absolute Gasteiger partial charge is 0.466 e. The number of aliphatic hydroxyl groups excluding tert-OH is 2. The first-order chi connectivity index (χ1) is 35.5. The predicted molar refractivity (Wildman–Crippen MR) is 315 cm³/mol. The van der Waals surface area contributed by atoms with Gasteiger partial charge in [0.05, 0.1) is 25.4 Å². The lowest BCUT2D eigenvalue weighted by molar-refractivity contribution is -0.143. The van der Waals surface area contributed by atoms with E-state index in [1.807, 2.05) is 0 Å². The molecule has 0 aromatic rings. The molecular formula is C66H125NO5. The third-order valence-corrected chi connectivity index (χ3v) is 14.9. The van der Waals surface area contributed by atoms with Crippen molar-refractivity contribution < 1.29 is 24.5 Å². The van der Waals surface area contributed by atoms with Gasteiger partial charge in [0.1, 0.15) is 0 Å². The Balaban J connectivity index is 3.36. The van der Waals surface area contributed by atoms with Crippen LogP contribution in [0.3, 0.4) is 0 Å². The van der Waals surface area contributed by atoms with Crippen molar-refractivity contribution in [1.29, 1.82) is 0 Å². The number of carbonyl (C=O) groups excluding carboxylic acids is 2. The lowest BCUT2D eigenvalue weighted by Gasteiger charge is -2.22. The van der Waals surface area contributed by atoms with Gasteiger partial charge >= 0.3 is 5.97 Å². The Morgan fingerprint density at radius 2 is 0.694 bits per heavy atom. The Morgan fingerprint density at radius 1 is 0.389 bits per heavy atom. The molecule has 0 bridgehead atoms. The van der Waals surface area contributed by atoms with Crippen LogP contribution in [-0.4, -0.2) is 47.4 Å². The average Bonchev–Trinajstić information content (AvgIpc) is 3.38. The van der Waals surface area contributed by atoms with Crippen LogP contribution < -0.4 is 5.32 Å². The van der Waals surface area contributed by atoms with Gasteiger partial charge in [-0.15, -0.1) is 0 Å². The van der Waals surface area contributed by atoms with Gasteiger partial charge in [0, 0.05) is 12.8 Å². The molecule has 2 unspecified atom stereocenters. The zero-order valence-electron chi connectivity index (χ0n) is 48.4. The van der Waals surface area contributed by atoms with Crippen LogP contribution in [0.15, 0.2) is 36.5 Å². The van der Waals surface area contributed by atoms with Gasteiger partial charge in [-0.1, -0.05) is 288 Å². The van der Waals surface area contributed by atoms with E-state index < -0.39 is 12.1 Å². The van der Waals surface area contributed by atoms with Gasteiger partial charge in [-0.25, -0.2) is 0 Å². The van der Waals surface area contributed by atoms with Crippen LogP contribution in [0, 0.1) is 0 Å². The predicted octanol–water partition coefficient (Wildman–Crippen LogP) is 20.4. The van der Waals surface area contributed by atoms with E-state index >= 15 is 0 Å². The molecule has 424 valence electrons. The Labute approximate surface area is 449 Å². The summed E-state index contributed by atoms with van der Waals surface area (Å²) in [7, 11) is 0. The van der Waals surface area contributed by atoms with Gasteiger partial charge in [0.25, 0.3) is 0 Å². The monoisotopic (exact) mass is 1010 g/mol. The van der Waals surface area contributed by atoms with Crippen molar-refractivity contribution in [3.63, 3.8) is 0 Å². The van der Waals surface area contributed by atoms with E-state index in [0.29, 0.717) is 25.9 Å². The molecule has 0 radical (unpaired) electrons. The standard InChI is InChI=1S/C66H125NO5/c1-3-5-7-9-11-13-15-40-44-48-52-56-60-66(71)72-61-57-53-49-45-41-38-36-34-32-30-28-26-24-22-20-18-16-17-19-21-23-25-27-29-31-33-35-37-39-43-47-51-55-59-65(70)67-63(62-68)64(69)58-54-50-46-42-14-12-10-8-6-4-2/h11,13,20,22,26,28,63-64,68-69H,3-10,12,14-19,21,23-25,27,29-62H2,1-2H3,(H,67,70)/b13-11-,22-20-,28-26-. The summed E-state index contributed by atoms with van der Waals surface area (Å²) in [5.41, 5.74) is 0. The van der Waals surface area contributed by atoms with E-state index in [9.17, 15) is 19.8 Å². The highest BCUT2D eigenvalue weighted by molar-refractivity contribution is 5.76. The molecule has 0 rings (SSSR count). The summed E-state index contributed by atoms with van der Waals surface area (Å²) in [6, 6.07) is -0.538. The lowest BCUT2D eigenvalue weighted by atomic mass is 10.0. The average molecular weight is 1010 g/mol. The second-order valence-corrected chi connectivity index (χ2v) is 22.1. The van der Waals surface area contributed by atoms with E-state index in [4.69, 9.17) is 4.74 Å². The Hall–Kier alpha value is -1.92. The van der Waals surface area contributed by atoms with Crippen LogP contribution in [0.4, 0.5) is 0 Å². The van der Waals surface area contributed by atoms with Crippen LogP contribution in [0.1, 0.15) is 348 Å². The number of hydrogen-bond donors (Lipinski definition) is 3. The number of amides is 1. The molecular weight excluding hydrogens is 887 g/mol. The van der Waals surface area contributed by atoms with Gasteiger partial charge in [-0.05, 0) is 83.5 Å². The van der Waals surface area contributed by atoms with Crippen molar-refractivity contribution in [2.24, 2.45) is 0 Å². The second-order valence-electron chi connectivity index (χ2n) is 22.1. The third kappa shape index (κ3) is 57.4. The quantitative estimate of drug-likeness (QED) is 0.0320. The van der Waals surface area contributed by atoms with Gasteiger partial charge in [-0.3, -0.25) is 9.59 Å². The minimum Gasteiger partial charge on any atom is -0.466 e. The first-order valence-corrected chi connectivity index (χ1v) is 32.2. The highest BCUT2D eigenvalue weighted by atomic mass is 16.5. The summed E-state index contributed by atoms with van der Waals surface area (Å²) in [6.45, 7) is 4.92. The van der Waals surface area contributed by atoms with Crippen LogP contribution >= 0.6 is 0 Å². The number of ether oxygens (including phenoxy) is 1. The van der Waals surface area contributed by atoms with Gasteiger partial charge < -0.3 is 20.3 Å². The Bertz CT molecular complexity index is 1170. The molecule has 0 aromatic carbocycles. The highest BCUT2D eigenvalue weighted by Gasteiger charge is 2.20. The number of nitrogens with one attached hydrogen (secondary N) is 1. The van der Waals surface area contributed by atoms with Crippen molar-refractivity contribution >= 4 is 11.9 Å².